The summed E-state index contributed by atoms with van der Waals surface area (Å²) in [6.07, 6.45) is 0. The van der Waals surface area contributed by atoms with Crippen LogP contribution in [0.25, 0.3) is 77.2 Å². The van der Waals surface area contributed by atoms with Gasteiger partial charge in [0.25, 0.3) is 0 Å². The van der Waals surface area contributed by atoms with Crippen LogP contribution < -0.4 is 9.47 Å². The van der Waals surface area contributed by atoms with Crippen LogP contribution in [0.2, 0.25) is 0 Å². The van der Waals surface area contributed by atoms with Crippen LogP contribution in [-0.4, -0.2) is 9.13 Å². The van der Waals surface area contributed by atoms with Gasteiger partial charge in [0, 0.05) is 38.5 Å². The third-order valence-electron chi connectivity index (χ3n) is 13.2. The quantitative estimate of drug-likeness (QED) is 0.176. The third-order valence-corrected chi connectivity index (χ3v) is 13.2. The molecule has 2 aliphatic carbocycles. The molecule has 1 spiro atoms. The summed E-state index contributed by atoms with van der Waals surface area (Å²) in [5.41, 5.74) is 16.1. The van der Waals surface area contributed by atoms with Crippen molar-refractivity contribution < 1.29 is 9.47 Å². The van der Waals surface area contributed by atoms with Crippen LogP contribution in [0.4, 0.5) is 0 Å². The normalized spacial score (nSPS) is 13.8. The van der Waals surface area contributed by atoms with Crippen molar-refractivity contribution in [3.8, 4) is 56.6 Å². The van der Waals surface area contributed by atoms with E-state index in [-0.39, 0.29) is 0 Å². The molecule has 4 heteroatoms. The first-order valence-electron chi connectivity index (χ1n) is 20.3. The smallest absolute Gasteiger partial charge is 0.175 e. The number of nitrogens with zero attached hydrogens (tertiary/aromatic N) is 2. The number of fused-ring (bicyclic) bond motifs is 19. The van der Waals surface area contributed by atoms with E-state index in [1.807, 2.05) is 24.3 Å². The Bertz CT molecular complexity index is 3540. The Morgan fingerprint density at radius 2 is 0.797 bits per heavy atom. The van der Waals surface area contributed by atoms with Crippen molar-refractivity contribution in [3.63, 3.8) is 0 Å². The number of rotatable bonds is 2. The van der Waals surface area contributed by atoms with Gasteiger partial charge in [-0.3, -0.25) is 0 Å². The molecule has 4 nitrogen and oxygen atoms in total. The highest BCUT2D eigenvalue weighted by molar-refractivity contribution is 6.12. The van der Waals surface area contributed by atoms with E-state index >= 15 is 0 Å². The van der Waals surface area contributed by atoms with Crippen LogP contribution in [0.15, 0.2) is 194 Å². The van der Waals surface area contributed by atoms with Crippen molar-refractivity contribution in [1.29, 1.82) is 0 Å². The van der Waals surface area contributed by atoms with Crippen molar-refractivity contribution in [2.45, 2.75) is 5.41 Å². The molecule has 0 radical (unpaired) electrons. The van der Waals surface area contributed by atoms with E-state index in [0.717, 1.165) is 51.0 Å². The van der Waals surface area contributed by atoms with Crippen molar-refractivity contribution in [2.75, 3.05) is 0 Å². The average Bonchev–Trinajstić information content (AvgIpc) is 4.00. The molecule has 1 aliphatic heterocycles. The molecule has 274 valence electrons. The van der Waals surface area contributed by atoms with Gasteiger partial charge in [-0.25, -0.2) is 0 Å². The molecule has 11 aromatic rings. The van der Waals surface area contributed by atoms with Gasteiger partial charge in [-0.2, -0.15) is 0 Å². The molecule has 0 atom stereocenters. The van der Waals surface area contributed by atoms with Crippen LogP contribution in [0.3, 0.4) is 0 Å². The van der Waals surface area contributed by atoms with Gasteiger partial charge in [0.2, 0.25) is 0 Å². The van der Waals surface area contributed by atoms with Crippen LogP contribution in [-0.2, 0) is 5.41 Å². The topological polar surface area (TPSA) is 28.3 Å². The predicted octanol–water partition coefficient (Wildman–Crippen LogP) is 14.1. The lowest BCUT2D eigenvalue weighted by molar-refractivity contribution is 0.354. The van der Waals surface area contributed by atoms with Crippen LogP contribution >= 0.6 is 0 Å². The molecule has 0 fully saturated rings. The molecule has 0 bridgehead atoms. The van der Waals surface area contributed by atoms with Gasteiger partial charge in [0.15, 0.2) is 23.0 Å². The fourth-order valence-electron chi connectivity index (χ4n) is 10.9. The van der Waals surface area contributed by atoms with Crippen molar-refractivity contribution >= 4 is 43.6 Å². The van der Waals surface area contributed by atoms with E-state index in [1.165, 1.54) is 71.5 Å². The summed E-state index contributed by atoms with van der Waals surface area (Å²) < 4.78 is 18.4. The molecule has 2 aromatic heterocycles. The maximum atomic E-state index is 6.95. The molecule has 0 unspecified atom stereocenters. The van der Waals surface area contributed by atoms with E-state index in [0.29, 0.717) is 0 Å². The number of hydrogen-bond donors (Lipinski definition) is 0. The molecule has 0 saturated carbocycles. The zero-order valence-corrected chi connectivity index (χ0v) is 31.7. The first-order chi connectivity index (χ1) is 29.3. The number of hydrogen-bond acceptors (Lipinski definition) is 2. The van der Waals surface area contributed by atoms with Crippen molar-refractivity contribution in [1.82, 2.24) is 9.13 Å². The Morgan fingerprint density at radius 1 is 0.322 bits per heavy atom. The Hall–Kier alpha value is -7.82. The van der Waals surface area contributed by atoms with Gasteiger partial charge in [-0.15, -0.1) is 0 Å². The second-order valence-corrected chi connectivity index (χ2v) is 16.0. The van der Waals surface area contributed by atoms with E-state index in [9.17, 15) is 0 Å². The number of para-hydroxylation sites is 5. The summed E-state index contributed by atoms with van der Waals surface area (Å²) in [6.45, 7) is 0. The van der Waals surface area contributed by atoms with Gasteiger partial charge < -0.3 is 18.6 Å². The summed E-state index contributed by atoms with van der Waals surface area (Å²) in [4.78, 5) is 0. The number of ether oxygens (including phenoxy) is 2. The van der Waals surface area contributed by atoms with E-state index in [1.54, 1.807) is 0 Å². The number of aromatic nitrogens is 2. The Kier molecular flexibility index (Phi) is 5.93. The SMILES string of the molecule is c1ccc2c(c1)Oc1ccc3c(c1O2)C1(c2ccccc2-c2ccccc21)c1cc(-n2c4ccccc4c4cc(-n5c6ccccc6c6ccccc65)ccc42)ccc1-3. The van der Waals surface area contributed by atoms with E-state index in [4.69, 9.17) is 9.47 Å². The van der Waals surface area contributed by atoms with E-state index in [2.05, 4.69) is 179 Å². The molecule has 14 rings (SSSR count). The predicted molar refractivity (Wildman–Crippen MR) is 238 cm³/mol. The highest BCUT2D eigenvalue weighted by Gasteiger charge is 2.54. The van der Waals surface area contributed by atoms with Gasteiger partial charge in [0.1, 0.15) is 0 Å². The summed E-state index contributed by atoms with van der Waals surface area (Å²) in [7, 11) is 0. The summed E-state index contributed by atoms with van der Waals surface area (Å²) >= 11 is 0. The number of benzene rings is 9. The molecule has 3 heterocycles. The monoisotopic (exact) mass is 752 g/mol. The molecule has 0 N–H and O–H groups in total. The summed E-state index contributed by atoms with van der Waals surface area (Å²) in [6, 6.07) is 70.4. The molecular weight excluding hydrogens is 721 g/mol. The molecule has 3 aliphatic rings. The second-order valence-electron chi connectivity index (χ2n) is 16.0. The second kappa shape index (κ2) is 11.2. The molecule has 9 aromatic carbocycles. The summed E-state index contributed by atoms with van der Waals surface area (Å²) in [5, 5.41) is 4.96. The van der Waals surface area contributed by atoms with Crippen LogP contribution in [0.5, 0.6) is 23.0 Å². The largest absolute Gasteiger partial charge is 0.450 e. The van der Waals surface area contributed by atoms with Crippen LogP contribution in [0.1, 0.15) is 22.3 Å². The Labute approximate surface area is 339 Å². The Balaban J connectivity index is 1.04. The zero-order chi connectivity index (χ0) is 38.4. The lowest BCUT2D eigenvalue weighted by Gasteiger charge is -2.33. The minimum atomic E-state index is -0.642. The highest BCUT2D eigenvalue weighted by atomic mass is 16.6. The van der Waals surface area contributed by atoms with Gasteiger partial charge in [-0.1, -0.05) is 127 Å². The molecular formula is C55H32N2O2. The minimum absolute atomic E-state index is 0.642. The highest BCUT2D eigenvalue weighted by Crippen LogP contribution is 2.67. The zero-order valence-electron chi connectivity index (χ0n) is 31.7. The van der Waals surface area contributed by atoms with Crippen molar-refractivity contribution in [2.24, 2.45) is 0 Å². The van der Waals surface area contributed by atoms with E-state index < -0.39 is 5.41 Å². The molecule has 0 amide bonds. The van der Waals surface area contributed by atoms with Gasteiger partial charge in [-0.05, 0) is 106 Å². The minimum Gasteiger partial charge on any atom is -0.450 e. The lowest BCUT2D eigenvalue weighted by atomic mass is 9.70. The summed E-state index contributed by atoms with van der Waals surface area (Å²) in [5.74, 6) is 2.97. The maximum Gasteiger partial charge on any atom is 0.175 e. The van der Waals surface area contributed by atoms with Crippen LogP contribution in [0, 0.1) is 0 Å². The van der Waals surface area contributed by atoms with Gasteiger partial charge in [0.05, 0.1) is 27.5 Å². The molecule has 59 heavy (non-hydrogen) atoms. The average molecular weight is 753 g/mol. The first kappa shape index (κ1) is 31.3. The fourth-order valence-corrected chi connectivity index (χ4v) is 10.9. The lowest BCUT2D eigenvalue weighted by Crippen LogP contribution is -2.27. The van der Waals surface area contributed by atoms with Gasteiger partial charge >= 0.3 is 0 Å². The first-order valence-corrected chi connectivity index (χ1v) is 20.3. The maximum absolute atomic E-state index is 6.95. The molecule has 0 saturated heterocycles. The fraction of sp³-hybridized carbons (Fsp3) is 0.0182. The third kappa shape index (κ3) is 3.88. The van der Waals surface area contributed by atoms with Crippen molar-refractivity contribution in [3.05, 3.63) is 216 Å². The Morgan fingerprint density at radius 3 is 1.46 bits per heavy atom. The standard InChI is InChI=1S/C55H32N2O2/c1-6-18-43-35(13-1)36-14-2-7-19-44(36)55(43)45-32-34(25-27-37(45)41-28-30-52-54(53(41)55)59-51-24-12-11-23-50(51)58-52)57-48-22-10-5-17-40(48)42-31-33(26-29-49(42)57)56-46-20-8-3-15-38(46)39-16-4-9-21-47(39)56/h1-32H.